The lowest BCUT2D eigenvalue weighted by atomic mass is 10.0. The molecule has 0 spiro atoms. The van der Waals surface area contributed by atoms with Gasteiger partial charge in [0.05, 0.1) is 11.9 Å². The molecule has 0 fully saturated rings. The number of carbonyl (C=O) groups is 2. The number of aryl methyl sites for hydroxylation is 2. The molecule has 0 radical (unpaired) electrons. The van der Waals surface area contributed by atoms with Crippen LogP contribution >= 0.6 is 23.2 Å². The van der Waals surface area contributed by atoms with Gasteiger partial charge in [0.15, 0.2) is 0 Å². The van der Waals surface area contributed by atoms with Crippen LogP contribution in [0.5, 0.6) is 0 Å². The number of hydrogen-bond acceptors (Lipinski definition) is 4. The number of anilines is 1. The molecular weight excluding hydrogens is 569 g/mol. The van der Waals surface area contributed by atoms with Gasteiger partial charge < -0.3 is 10.2 Å². The molecule has 0 saturated carbocycles. The Morgan fingerprint density at radius 2 is 1.60 bits per heavy atom. The van der Waals surface area contributed by atoms with Crippen molar-refractivity contribution >= 4 is 50.7 Å². The van der Waals surface area contributed by atoms with Gasteiger partial charge in [-0.15, -0.1) is 0 Å². The van der Waals surface area contributed by atoms with Crippen LogP contribution < -0.4 is 9.62 Å². The van der Waals surface area contributed by atoms with Crippen LogP contribution in [0.1, 0.15) is 35.6 Å². The summed E-state index contributed by atoms with van der Waals surface area (Å²) in [6.07, 6.45) is 1.99. The molecule has 3 aromatic carbocycles. The number of rotatable bonds is 12. The Balaban J connectivity index is 2.11. The van der Waals surface area contributed by atoms with E-state index >= 15 is 0 Å². The molecule has 7 nitrogen and oxygen atoms in total. The van der Waals surface area contributed by atoms with E-state index in [1.54, 1.807) is 37.3 Å². The molecule has 0 aromatic heterocycles. The molecule has 1 atom stereocenters. The van der Waals surface area contributed by atoms with Gasteiger partial charge in [-0.3, -0.25) is 13.9 Å². The topological polar surface area (TPSA) is 86.8 Å². The van der Waals surface area contributed by atoms with Crippen molar-refractivity contribution < 1.29 is 18.0 Å². The molecule has 0 aliphatic carbocycles. The van der Waals surface area contributed by atoms with Crippen LogP contribution in [0.4, 0.5) is 5.69 Å². The van der Waals surface area contributed by atoms with Gasteiger partial charge in [-0.2, -0.15) is 0 Å². The van der Waals surface area contributed by atoms with Crippen LogP contribution in [0.2, 0.25) is 10.0 Å². The van der Waals surface area contributed by atoms with E-state index < -0.39 is 28.5 Å². The van der Waals surface area contributed by atoms with Crippen molar-refractivity contribution in [3.05, 3.63) is 99.0 Å². The zero-order valence-electron chi connectivity index (χ0n) is 23.2. The molecule has 10 heteroatoms. The third kappa shape index (κ3) is 8.22. The maximum absolute atomic E-state index is 14.1. The first kappa shape index (κ1) is 31.5. The Bertz CT molecular complexity index is 1430. The van der Waals surface area contributed by atoms with Gasteiger partial charge in [0, 0.05) is 35.1 Å². The number of benzene rings is 3. The van der Waals surface area contributed by atoms with Gasteiger partial charge in [0.2, 0.25) is 21.8 Å². The van der Waals surface area contributed by atoms with Crippen molar-refractivity contribution in [1.29, 1.82) is 0 Å². The van der Waals surface area contributed by atoms with Gasteiger partial charge in [-0.05, 0) is 49.6 Å². The average molecular weight is 605 g/mol. The summed E-state index contributed by atoms with van der Waals surface area (Å²) < 4.78 is 27.0. The molecule has 3 rings (SSSR count). The molecule has 0 heterocycles. The van der Waals surface area contributed by atoms with Crippen LogP contribution in [-0.4, -0.2) is 50.5 Å². The Morgan fingerprint density at radius 1 is 0.950 bits per heavy atom. The predicted octanol–water partition coefficient (Wildman–Crippen LogP) is 5.54. The minimum absolute atomic E-state index is 0.0845. The van der Waals surface area contributed by atoms with Gasteiger partial charge in [0.25, 0.3) is 0 Å². The number of amides is 2. The summed E-state index contributed by atoms with van der Waals surface area (Å²) in [5.74, 6) is -0.909. The number of sulfonamides is 1. The highest BCUT2D eigenvalue weighted by molar-refractivity contribution is 7.92. The van der Waals surface area contributed by atoms with E-state index in [9.17, 15) is 18.0 Å². The fourth-order valence-electron chi connectivity index (χ4n) is 4.45. The summed E-state index contributed by atoms with van der Waals surface area (Å²) in [6, 6.07) is 18.7. The first-order chi connectivity index (χ1) is 18.9. The van der Waals surface area contributed by atoms with Crippen molar-refractivity contribution in [2.24, 2.45) is 0 Å². The summed E-state index contributed by atoms with van der Waals surface area (Å²) in [6.45, 7) is 5.48. The molecule has 0 aliphatic heterocycles. The second-order valence-corrected chi connectivity index (χ2v) is 12.5. The molecule has 2 amide bonds. The molecule has 214 valence electrons. The molecule has 3 aromatic rings. The highest BCUT2D eigenvalue weighted by atomic mass is 35.5. The smallest absolute Gasteiger partial charge is 0.244 e. The minimum atomic E-state index is -3.86. The fourth-order valence-corrected chi connectivity index (χ4v) is 5.88. The highest BCUT2D eigenvalue weighted by Gasteiger charge is 2.34. The second-order valence-electron chi connectivity index (χ2n) is 9.78. The van der Waals surface area contributed by atoms with Gasteiger partial charge in [-0.1, -0.05) is 84.2 Å². The SMILES string of the molecule is CCCNC(=O)[C@@H](Cc1ccccc1)N(Cc1c(Cl)cccc1Cl)C(=O)CN(c1ccc(C)cc1C)S(C)(=O)=O. The molecule has 0 unspecified atom stereocenters. The van der Waals surface area contributed by atoms with Crippen molar-refractivity contribution in [2.75, 3.05) is 23.7 Å². The minimum Gasteiger partial charge on any atom is -0.354 e. The van der Waals surface area contributed by atoms with Gasteiger partial charge in [-0.25, -0.2) is 8.42 Å². The largest absolute Gasteiger partial charge is 0.354 e. The van der Waals surface area contributed by atoms with Crippen LogP contribution in [0, 0.1) is 13.8 Å². The number of halogens is 2. The summed E-state index contributed by atoms with van der Waals surface area (Å²) >= 11 is 13.0. The van der Waals surface area contributed by atoms with Crippen molar-refractivity contribution in [1.82, 2.24) is 10.2 Å². The quantitative estimate of drug-likeness (QED) is 0.294. The van der Waals surface area contributed by atoms with E-state index in [1.807, 2.05) is 50.2 Å². The van der Waals surface area contributed by atoms with Crippen molar-refractivity contribution in [2.45, 2.75) is 46.2 Å². The van der Waals surface area contributed by atoms with Crippen molar-refractivity contribution in [3.8, 4) is 0 Å². The number of nitrogens with zero attached hydrogens (tertiary/aromatic N) is 2. The normalized spacial score (nSPS) is 12.1. The molecule has 1 N–H and O–H groups in total. The Kier molecular flexibility index (Phi) is 11.0. The molecule has 40 heavy (non-hydrogen) atoms. The average Bonchev–Trinajstić information content (AvgIpc) is 2.89. The van der Waals surface area contributed by atoms with E-state index in [0.29, 0.717) is 39.8 Å². The van der Waals surface area contributed by atoms with E-state index in [1.165, 1.54) is 4.90 Å². The van der Waals surface area contributed by atoms with Gasteiger partial charge >= 0.3 is 0 Å². The lowest BCUT2D eigenvalue weighted by Crippen LogP contribution is -2.53. The maximum atomic E-state index is 14.1. The van der Waals surface area contributed by atoms with E-state index in [2.05, 4.69) is 5.32 Å². The molecule has 0 aliphatic rings. The predicted molar refractivity (Wildman–Crippen MR) is 162 cm³/mol. The Morgan fingerprint density at radius 3 is 2.17 bits per heavy atom. The first-order valence-corrected chi connectivity index (χ1v) is 15.6. The standard InChI is InChI=1S/C30H35Cl2N3O4S/c1-5-16-33-30(37)28(18-23-10-7-6-8-11-23)34(19-24-25(31)12-9-13-26(24)32)29(36)20-35(40(4,38)39)27-15-14-21(2)17-22(27)3/h6-15,17,28H,5,16,18-20H2,1-4H3,(H,33,37)/t28-/m1/s1. The molecule has 0 saturated heterocycles. The summed E-state index contributed by atoms with van der Waals surface area (Å²) in [4.78, 5) is 29.1. The molecule has 0 bridgehead atoms. The third-order valence-electron chi connectivity index (χ3n) is 6.51. The Labute approximate surface area is 247 Å². The summed E-state index contributed by atoms with van der Waals surface area (Å²) in [7, 11) is -3.86. The number of hydrogen-bond donors (Lipinski definition) is 1. The Hall–Kier alpha value is -3.07. The highest BCUT2D eigenvalue weighted by Crippen LogP contribution is 2.28. The zero-order chi connectivity index (χ0) is 29.4. The molecular formula is C30H35Cl2N3O4S. The maximum Gasteiger partial charge on any atom is 0.244 e. The monoisotopic (exact) mass is 603 g/mol. The number of nitrogens with one attached hydrogen (secondary N) is 1. The lowest BCUT2D eigenvalue weighted by Gasteiger charge is -2.34. The van der Waals surface area contributed by atoms with E-state index in [4.69, 9.17) is 23.2 Å². The van der Waals surface area contributed by atoms with Crippen molar-refractivity contribution in [3.63, 3.8) is 0 Å². The van der Waals surface area contributed by atoms with E-state index in [0.717, 1.165) is 21.7 Å². The second kappa shape index (κ2) is 14.0. The summed E-state index contributed by atoms with van der Waals surface area (Å²) in [5.41, 5.74) is 3.38. The van der Waals surface area contributed by atoms with E-state index in [-0.39, 0.29) is 18.9 Å². The zero-order valence-corrected chi connectivity index (χ0v) is 25.5. The summed E-state index contributed by atoms with van der Waals surface area (Å²) in [5, 5.41) is 3.58. The van der Waals surface area contributed by atoms with Crippen LogP contribution in [0.25, 0.3) is 0 Å². The third-order valence-corrected chi connectivity index (χ3v) is 8.35. The van der Waals surface area contributed by atoms with Crippen LogP contribution in [0.15, 0.2) is 66.7 Å². The van der Waals surface area contributed by atoms with Crippen LogP contribution in [-0.2, 0) is 32.6 Å². The fraction of sp³-hybridized carbons (Fsp3) is 0.333. The first-order valence-electron chi connectivity index (χ1n) is 13.0. The number of carbonyl (C=O) groups excluding carboxylic acids is 2. The van der Waals surface area contributed by atoms with Crippen LogP contribution in [0.3, 0.4) is 0 Å². The lowest BCUT2D eigenvalue weighted by molar-refractivity contribution is -0.140. The van der Waals surface area contributed by atoms with Gasteiger partial charge in [0.1, 0.15) is 12.6 Å².